The molecule has 1 aromatic heterocycles. The Hall–Kier alpha value is -0.780. The summed E-state index contributed by atoms with van der Waals surface area (Å²) in [6.45, 7) is 10.3. The molecule has 0 aromatic carbocycles. The minimum atomic E-state index is -0.605. The average molecular weight is 359 g/mol. The van der Waals surface area contributed by atoms with Crippen LogP contribution in [0.4, 0.5) is 5.00 Å². The van der Waals surface area contributed by atoms with Gasteiger partial charge in [-0.25, -0.2) is 0 Å². The third-order valence-electron chi connectivity index (χ3n) is 4.41. The molecule has 1 aromatic rings. The fraction of sp³-hybridized carbons (Fsp3) is 0.706. The van der Waals surface area contributed by atoms with Gasteiger partial charge in [0.2, 0.25) is 5.91 Å². The Morgan fingerprint density at radius 3 is 2.57 bits per heavy atom. The highest BCUT2D eigenvalue weighted by molar-refractivity contribution is 7.19. The molecule has 0 radical (unpaired) electrons. The quantitative estimate of drug-likeness (QED) is 0.876. The second-order valence-corrected chi connectivity index (χ2v) is 8.57. The van der Waals surface area contributed by atoms with E-state index in [1.807, 2.05) is 17.0 Å². The van der Waals surface area contributed by atoms with Crippen LogP contribution in [0, 0.1) is 11.8 Å². The smallest absolute Gasteiger partial charge is 0.228 e. The molecule has 3 atom stereocenters. The first-order valence-electron chi connectivity index (χ1n) is 8.28. The molecule has 0 spiro atoms. The van der Waals surface area contributed by atoms with Gasteiger partial charge < -0.3 is 14.9 Å². The number of amides is 1. The number of aliphatic hydroxyl groups excluding tert-OH is 1. The zero-order valence-corrected chi connectivity index (χ0v) is 15.9. The van der Waals surface area contributed by atoms with Crippen molar-refractivity contribution in [1.29, 1.82) is 0 Å². The summed E-state index contributed by atoms with van der Waals surface area (Å²) in [5.41, 5.74) is 0. The number of rotatable bonds is 5. The molecule has 23 heavy (non-hydrogen) atoms. The first-order valence-corrected chi connectivity index (χ1v) is 9.47. The maximum Gasteiger partial charge on any atom is 0.228 e. The highest BCUT2D eigenvalue weighted by Gasteiger charge is 2.34. The van der Waals surface area contributed by atoms with Gasteiger partial charge in [0.25, 0.3) is 0 Å². The van der Waals surface area contributed by atoms with Crippen LogP contribution in [0.1, 0.15) is 34.1 Å². The van der Waals surface area contributed by atoms with Gasteiger partial charge in [-0.1, -0.05) is 25.4 Å². The standard InChI is InChI=1S/C17H27ClN2O2S/c1-11(2)9-14(13(4)21)17(22)20-8-7-19(10-12(20)3)16-6-5-15(18)23-16/h5-6,11-14,21H,7-10H2,1-4H3/t12-,13+,14+/m1/s1. The van der Waals surface area contributed by atoms with Crippen LogP contribution in [0.3, 0.4) is 0 Å². The second-order valence-electron chi connectivity index (χ2n) is 6.88. The number of aliphatic hydroxyl groups is 1. The number of nitrogens with zero attached hydrogens (tertiary/aromatic N) is 2. The molecule has 2 rings (SSSR count). The summed E-state index contributed by atoms with van der Waals surface area (Å²) in [4.78, 5) is 17.1. The molecule has 0 aliphatic carbocycles. The molecule has 1 saturated heterocycles. The van der Waals surface area contributed by atoms with Gasteiger partial charge >= 0.3 is 0 Å². The molecule has 2 heterocycles. The SMILES string of the molecule is CC(C)C[C@H](C(=O)N1CCN(c2ccc(Cl)s2)C[C@H]1C)[C@H](C)O. The van der Waals surface area contributed by atoms with Crippen LogP contribution in [-0.2, 0) is 4.79 Å². The molecule has 1 aliphatic heterocycles. The van der Waals surface area contributed by atoms with Crippen LogP contribution in [0.15, 0.2) is 12.1 Å². The van der Waals surface area contributed by atoms with Crippen LogP contribution in [-0.4, -0.2) is 47.7 Å². The van der Waals surface area contributed by atoms with E-state index in [0.29, 0.717) is 12.5 Å². The van der Waals surface area contributed by atoms with Gasteiger partial charge in [-0.15, -0.1) is 11.3 Å². The summed E-state index contributed by atoms with van der Waals surface area (Å²) in [6, 6.07) is 4.08. The zero-order valence-electron chi connectivity index (χ0n) is 14.3. The van der Waals surface area contributed by atoms with Crippen molar-refractivity contribution >= 4 is 33.8 Å². The number of carbonyl (C=O) groups excluding carboxylic acids is 1. The van der Waals surface area contributed by atoms with Crippen LogP contribution in [0.5, 0.6) is 0 Å². The third-order valence-corrected chi connectivity index (χ3v) is 5.70. The number of anilines is 1. The van der Waals surface area contributed by atoms with E-state index in [4.69, 9.17) is 11.6 Å². The molecular weight excluding hydrogens is 332 g/mol. The van der Waals surface area contributed by atoms with Crippen LogP contribution < -0.4 is 4.90 Å². The van der Waals surface area contributed by atoms with E-state index in [1.165, 1.54) is 0 Å². The number of carbonyl (C=O) groups is 1. The molecular formula is C17H27ClN2O2S. The van der Waals surface area contributed by atoms with E-state index < -0.39 is 6.10 Å². The Labute approximate surface area is 148 Å². The Kier molecular flexibility index (Phi) is 6.34. The monoisotopic (exact) mass is 358 g/mol. The van der Waals surface area contributed by atoms with E-state index >= 15 is 0 Å². The number of hydrogen-bond acceptors (Lipinski definition) is 4. The average Bonchev–Trinajstić information content (AvgIpc) is 2.90. The molecule has 0 unspecified atom stereocenters. The highest BCUT2D eigenvalue weighted by Crippen LogP contribution is 2.31. The van der Waals surface area contributed by atoms with Gasteiger partial charge in [-0.3, -0.25) is 4.79 Å². The summed E-state index contributed by atoms with van der Waals surface area (Å²) in [6.07, 6.45) is 0.121. The van der Waals surface area contributed by atoms with Gasteiger partial charge in [0, 0.05) is 25.7 Å². The molecule has 6 heteroatoms. The van der Waals surface area contributed by atoms with E-state index in [9.17, 15) is 9.90 Å². The Morgan fingerprint density at radius 1 is 1.39 bits per heavy atom. The zero-order chi connectivity index (χ0) is 17.1. The Balaban J connectivity index is 2.03. The molecule has 1 N–H and O–H groups in total. The van der Waals surface area contributed by atoms with Crippen molar-refractivity contribution in [3.8, 4) is 0 Å². The first-order chi connectivity index (χ1) is 10.8. The predicted molar refractivity (Wildman–Crippen MR) is 97.3 cm³/mol. The van der Waals surface area contributed by atoms with Crippen molar-refractivity contribution in [3.63, 3.8) is 0 Å². The normalized spacial score (nSPS) is 21.6. The molecule has 1 aliphatic rings. The van der Waals surface area contributed by atoms with Crippen LogP contribution in [0.2, 0.25) is 4.34 Å². The summed E-state index contributed by atoms with van der Waals surface area (Å²) in [7, 11) is 0. The van der Waals surface area contributed by atoms with Crippen molar-refractivity contribution < 1.29 is 9.90 Å². The predicted octanol–water partition coefficient (Wildman–Crippen LogP) is 3.48. The Bertz CT molecular complexity index is 532. The molecule has 130 valence electrons. The minimum absolute atomic E-state index is 0.0880. The van der Waals surface area contributed by atoms with Crippen molar-refractivity contribution in [2.75, 3.05) is 24.5 Å². The van der Waals surface area contributed by atoms with Gasteiger partial charge in [0.15, 0.2) is 0 Å². The summed E-state index contributed by atoms with van der Waals surface area (Å²) >= 11 is 7.59. The fourth-order valence-corrected chi connectivity index (χ4v) is 4.25. The first kappa shape index (κ1) is 18.6. The summed E-state index contributed by atoms with van der Waals surface area (Å²) in [5, 5.41) is 11.2. The molecule has 0 saturated carbocycles. The number of piperazine rings is 1. The van der Waals surface area contributed by atoms with Gasteiger partial charge in [0.05, 0.1) is 21.4 Å². The number of thiophene rings is 1. The maximum atomic E-state index is 12.9. The molecule has 4 nitrogen and oxygen atoms in total. The lowest BCUT2D eigenvalue weighted by atomic mass is 9.91. The third kappa shape index (κ3) is 4.61. The number of halogens is 1. The van der Waals surface area contributed by atoms with Gasteiger partial charge in [-0.05, 0) is 38.3 Å². The van der Waals surface area contributed by atoms with E-state index in [0.717, 1.165) is 28.8 Å². The van der Waals surface area contributed by atoms with Crippen LogP contribution >= 0.6 is 22.9 Å². The van der Waals surface area contributed by atoms with Gasteiger partial charge in [0.1, 0.15) is 0 Å². The highest BCUT2D eigenvalue weighted by atomic mass is 35.5. The molecule has 1 amide bonds. The van der Waals surface area contributed by atoms with Crippen molar-refractivity contribution in [2.24, 2.45) is 11.8 Å². The van der Waals surface area contributed by atoms with Crippen molar-refractivity contribution in [3.05, 3.63) is 16.5 Å². The lowest BCUT2D eigenvalue weighted by Crippen LogP contribution is -2.56. The van der Waals surface area contributed by atoms with E-state index in [-0.39, 0.29) is 17.9 Å². The lowest BCUT2D eigenvalue weighted by Gasteiger charge is -2.42. The van der Waals surface area contributed by atoms with Crippen LogP contribution in [0.25, 0.3) is 0 Å². The second kappa shape index (κ2) is 7.86. The molecule has 0 bridgehead atoms. The maximum absolute atomic E-state index is 12.9. The Morgan fingerprint density at radius 2 is 2.09 bits per heavy atom. The fourth-order valence-electron chi connectivity index (χ4n) is 3.18. The number of hydrogen-bond donors (Lipinski definition) is 1. The van der Waals surface area contributed by atoms with Crippen molar-refractivity contribution in [2.45, 2.75) is 46.3 Å². The summed E-state index contributed by atoms with van der Waals surface area (Å²) in [5.74, 6) is 0.175. The largest absolute Gasteiger partial charge is 0.393 e. The summed E-state index contributed by atoms with van der Waals surface area (Å²) < 4.78 is 0.789. The van der Waals surface area contributed by atoms with Gasteiger partial charge in [-0.2, -0.15) is 0 Å². The van der Waals surface area contributed by atoms with E-state index in [2.05, 4.69) is 25.7 Å². The molecule has 1 fully saturated rings. The minimum Gasteiger partial charge on any atom is -0.393 e. The van der Waals surface area contributed by atoms with E-state index in [1.54, 1.807) is 18.3 Å². The topological polar surface area (TPSA) is 43.8 Å². The lowest BCUT2D eigenvalue weighted by molar-refractivity contribution is -0.142. The van der Waals surface area contributed by atoms with Crippen molar-refractivity contribution in [1.82, 2.24) is 4.90 Å².